The van der Waals surface area contributed by atoms with E-state index in [-0.39, 0.29) is 31.8 Å². The summed E-state index contributed by atoms with van der Waals surface area (Å²) in [7, 11) is -3.99. The fourth-order valence-electron chi connectivity index (χ4n) is 1.29. The predicted octanol–water partition coefficient (Wildman–Crippen LogP) is 1.66. The number of nitrogens with one attached hydrogen (secondary N) is 2. The molecule has 0 saturated heterocycles. The van der Waals surface area contributed by atoms with Crippen molar-refractivity contribution in [2.24, 2.45) is 0 Å². The van der Waals surface area contributed by atoms with Gasteiger partial charge in [-0.05, 0) is 12.1 Å². The normalized spacial score (nSPS) is 11.1. The van der Waals surface area contributed by atoms with Crippen molar-refractivity contribution in [1.29, 1.82) is 0 Å². The van der Waals surface area contributed by atoms with Gasteiger partial charge in [-0.15, -0.1) is 10.2 Å². The maximum absolute atomic E-state index is 12.1. The highest BCUT2D eigenvalue weighted by Crippen LogP contribution is 2.29. The van der Waals surface area contributed by atoms with E-state index in [1.54, 1.807) is 0 Å². The number of benzene rings is 1. The molecule has 112 valence electrons. The fourth-order valence-corrected chi connectivity index (χ4v) is 3.60. The van der Waals surface area contributed by atoms with Gasteiger partial charge < -0.3 is 10.4 Å². The number of aromatic nitrogens is 2. The summed E-state index contributed by atoms with van der Waals surface area (Å²) in [4.78, 5) is 10.9. The van der Waals surface area contributed by atoms with Crippen LogP contribution in [0.5, 0.6) is 5.75 Å². The van der Waals surface area contributed by atoms with E-state index in [0.29, 0.717) is 11.3 Å². The molecule has 11 heteroatoms. The van der Waals surface area contributed by atoms with Gasteiger partial charge in [0.1, 0.15) is 5.75 Å². The minimum atomic E-state index is -3.99. The molecule has 0 spiro atoms. The predicted molar refractivity (Wildman–Crippen MR) is 78.1 cm³/mol. The number of anilines is 2. The van der Waals surface area contributed by atoms with Gasteiger partial charge in [0.15, 0.2) is 0 Å². The van der Waals surface area contributed by atoms with Crippen molar-refractivity contribution >= 4 is 49.7 Å². The van der Waals surface area contributed by atoms with Crippen LogP contribution in [0.15, 0.2) is 22.5 Å². The zero-order valence-corrected chi connectivity index (χ0v) is 12.9. The van der Waals surface area contributed by atoms with Crippen LogP contribution >= 0.6 is 22.9 Å². The van der Waals surface area contributed by atoms with Crippen molar-refractivity contribution in [3.8, 4) is 5.75 Å². The zero-order chi connectivity index (χ0) is 15.6. The van der Waals surface area contributed by atoms with Gasteiger partial charge in [0.25, 0.3) is 14.4 Å². The molecule has 0 aliphatic rings. The highest BCUT2D eigenvalue weighted by Gasteiger charge is 2.21. The van der Waals surface area contributed by atoms with Gasteiger partial charge in [0.05, 0.1) is 10.7 Å². The van der Waals surface area contributed by atoms with Crippen LogP contribution in [0.25, 0.3) is 0 Å². The molecule has 1 amide bonds. The molecular formula is C10H9ClN4O4S2. The average molecular weight is 349 g/mol. The quantitative estimate of drug-likeness (QED) is 0.570. The number of nitrogens with zero attached hydrogens (tertiary/aromatic N) is 2. The van der Waals surface area contributed by atoms with E-state index >= 15 is 0 Å². The molecule has 0 bridgehead atoms. The van der Waals surface area contributed by atoms with Crippen molar-refractivity contribution in [2.45, 2.75) is 11.3 Å². The smallest absolute Gasteiger partial charge is 0.291 e. The first kappa shape index (κ1) is 15.5. The second kappa shape index (κ2) is 5.84. The van der Waals surface area contributed by atoms with Crippen LogP contribution in [-0.4, -0.2) is 29.6 Å². The molecule has 0 unspecified atom stereocenters. The minimum absolute atomic E-state index is 0.0326. The summed E-state index contributed by atoms with van der Waals surface area (Å²) in [5, 5.41) is 18.7. The summed E-state index contributed by atoms with van der Waals surface area (Å²) in [6.45, 7) is 1.27. The highest BCUT2D eigenvalue weighted by atomic mass is 35.5. The van der Waals surface area contributed by atoms with Gasteiger partial charge in [-0.25, -0.2) is 0 Å². The monoisotopic (exact) mass is 348 g/mol. The molecule has 3 N–H and O–H groups in total. The third-order valence-corrected chi connectivity index (χ3v) is 5.00. The molecule has 0 atom stereocenters. The van der Waals surface area contributed by atoms with Crippen molar-refractivity contribution < 1.29 is 18.3 Å². The molecule has 0 aliphatic heterocycles. The van der Waals surface area contributed by atoms with Crippen LogP contribution in [0.2, 0.25) is 5.02 Å². The first-order valence-electron chi connectivity index (χ1n) is 5.40. The Morgan fingerprint density at radius 2 is 2.10 bits per heavy atom. The molecule has 0 aliphatic carbocycles. The molecular weight excluding hydrogens is 340 g/mol. The van der Waals surface area contributed by atoms with Gasteiger partial charge >= 0.3 is 0 Å². The van der Waals surface area contributed by atoms with E-state index < -0.39 is 10.0 Å². The Hall–Kier alpha value is -1.91. The van der Waals surface area contributed by atoms with E-state index in [2.05, 4.69) is 20.2 Å². The number of carbonyl (C=O) groups excluding carboxylic acids is 1. The maximum Gasteiger partial charge on any atom is 0.291 e. The Kier molecular flexibility index (Phi) is 4.30. The van der Waals surface area contributed by atoms with Crippen LogP contribution < -0.4 is 10.0 Å². The Labute approximate surface area is 128 Å². The molecule has 1 aromatic heterocycles. The lowest BCUT2D eigenvalue weighted by Gasteiger charge is -2.07. The molecule has 1 heterocycles. The summed E-state index contributed by atoms with van der Waals surface area (Å²) in [5.41, 5.74) is 0.0887. The lowest BCUT2D eigenvalue weighted by atomic mass is 10.3. The number of halogens is 1. The third kappa shape index (κ3) is 3.80. The van der Waals surface area contributed by atoms with Gasteiger partial charge in [-0.2, -0.15) is 8.42 Å². The molecule has 0 radical (unpaired) electrons. The van der Waals surface area contributed by atoms with E-state index in [0.717, 1.165) is 0 Å². The van der Waals surface area contributed by atoms with Crippen molar-refractivity contribution in [2.75, 3.05) is 10.0 Å². The Morgan fingerprint density at radius 3 is 2.71 bits per heavy atom. The first-order chi connectivity index (χ1) is 9.78. The Bertz CT molecular complexity index is 790. The minimum Gasteiger partial charge on any atom is -0.508 e. The number of aromatic hydroxyl groups is 1. The van der Waals surface area contributed by atoms with E-state index in [1.165, 1.54) is 25.1 Å². The van der Waals surface area contributed by atoms with Gasteiger partial charge in [0, 0.05) is 13.0 Å². The summed E-state index contributed by atoms with van der Waals surface area (Å²) >= 11 is 6.52. The third-order valence-electron chi connectivity index (χ3n) is 2.12. The molecule has 0 saturated carbocycles. The summed E-state index contributed by atoms with van der Waals surface area (Å²) in [5.74, 6) is -0.476. The molecule has 0 fully saturated rings. The number of hydrogen-bond acceptors (Lipinski definition) is 7. The summed E-state index contributed by atoms with van der Waals surface area (Å²) < 4.78 is 26.1. The SMILES string of the molecule is CC(=O)Nc1nnc(S(=O)(=O)Nc2ccc(O)cc2Cl)s1. The number of sulfonamides is 1. The van der Waals surface area contributed by atoms with E-state index in [1.807, 2.05) is 0 Å². The van der Waals surface area contributed by atoms with Crippen LogP contribution in [0.3, 0.4) is 0 Å². The zero-order valence-electron chi connectivity index (χ0n) is 10.5. The maximum atomic E-state index is 12.1. The highest BCUT2D eigenvalue weighted by molar-refractivity contribution is 7.94. The Morgan fingerprint density at radius 1 is 1.38 bits per heavy atom. The standard InChI is InChI=1S/C10H9ClN4O4S2/c1-5(16)12-9-13-14-10(20-9)21(18,19)15-8-3-2-6(17)4-7(8)11/h2-4,15,17H,1H3,(H,12,13,16). The molecule has 1 aromatic carbocycles. The van der Waals surface area contributed by atoms with Crippen LogP contribution in [0.4, 0.5) is 10.8 Å². The van der Waals surface area contributed by atoms with Crippen LogP contribution in [0, 0.1) is 0 Å². The Balaban J connectivity index is 2.25. The lowest BCUT2D eigenvalue weighted by molar-refractivity contribution is -0.114. The van der Waals surface area contributed by atoms with Crippen LogP contribution in [-0.2, 0) is 14.8 Å². The van der Waals surface area contributed by atoms with Gasteiger partial charge in [0.2, 0.25) is 11.0 Å². The molecule has 2 aromatic rings. The summed E-state index contributed by atoms with van der Waals surface area (Å²) in [6.07, 6.45) is 0. The molecule has 21 heavy (non-hydrogen) atoms. The van der Waals surface area contributed by atoms with Crippen LogP contribution in [0.1, 0.15) is 6.92 Å². The van der Waals surface area contributed by atoms with Gasteiger partial charge in [-0.3, -0.25) is 9.52 Å². The number of rotatable bonds is 4. The second-order valence-electron chi connectivity index (χ2n) is 3.82. The van der Waals surface area contributed by atoms with E-state index in [9.17, 15) is 18.3 Å². The summed E-state index contributed by atoms with van der Waals surface area (Å²) in [6, 6.07) is 3.79. The van der Waals surface area contributed by atoms with Gasteiger partial charge in [-0.1, -0.05) is 22.9 Å². The van der Waals surface area contributed by atoms with Crippen molar-refractivity contribution in [3.05, 3.63) is 23.2 Å². The number of phenols is 1. The number of hydrogen-bond donors (Lipinski definition) is 3. The first-order valence-corrected chi connectivity index (χ1v) is 8.08. The molecule has 8 nitrogen and oxygen atoms in total. The molecule has 2 rings (SSSR count). The second-order valence-corrected chi connectivity index (χ2v) is 7.06. The number of carbonyl (C=O) groups is 1. The van der Waals surface area contributed by atoms with Crippen molar-refractivity contribution in [1.82, 2.24) is 10.2 Å². The topological polar surface area (TPSA) is 121 Å². The number of amides is 1. The number of phenolic OH excluding ortho intramolecular Hbond substituents is 1. The average Bonchev–Trinajstić information content (AvgIpc) is 2.81. The fraction of sp³-hybridized carbons (Fsp3) is 0.100. The van der Waals surface area contributed by atoms with E-state index in [4.69, 9.17) is 11.6 Å². The largest absolute Gasteiger partial charge is 0.508 e. The van der Waals surface area contributed by atoms with Crippen molar-refractivity contribution in [3.63, 3.8) is 0 Å². The lowest BCUT2D eigenvalue weighted by Crippen LogP contribution is -2.13.